The molecule has 0 saturated carbocycles. The molecule has 0 aromatic rings. The van der Waals surface area contributed by atoms with Crippen LogP contribution in [0.15, 0.2) is 0 Å². The first kappa shape index (κ1) is 16.4. The van der Waals surface area contributed by atoms with Crippen molar-refractivity contribution in [3.05, 3.63) is 0 Å². The molecule has 1 aliphatic heterocycles. The Labute approximate surface area is 123 Å². The van der Waals surface area contributed by atoms with Crippen LogP contribution in [-0.2, 0) is 14.4 Å². The fourth-order valence-electron chi connectivity index (χ4n) is 1.79. The van der Waals surface area contributed by atoms with Crippen molar-refractivity contribution < 1.29 is 14.4 Å². The van der Waals surface area contributed by atoms with Crippen LogP contribution < -0.4 is 5.73 Å². The molecule has 3 amide bonds. The van der Waals surface area contributed by atoms with E-state index in [1.54, 1.807) is 14.1 Å². The highest BCUT2D eigenvalue weighted by atomic mass is 32.1. The Bertz CT molecular complexity index is 427. The number of nitrogens with two attached hydrogens (primary N) is 1. The molecule has 0 unspecified atom stereocenters. The number of likely N-dealkylation sites (N-methyl/N-ethyl adjacent to an activating group) is 1. The lowest BCUT2D eigenvalue weighted by Gasteiger charge is -2.31. The average Bonchev–Trinajstić information content (AvgIpc) is 2.38. The molecule has 0 aromatic heterocycles. The molecule has 2 N–H and O–H groups in total. The van der Waals surface area contributed by atoms with Gasteiger partial charge in [-0.1, -0.05) is 12.2 Å². The molecule has 112 valence electrons. The van der Waals surface area contributed by atoms with E-state index in [9.17, 15) is 14.4 Å². The largest absolute Gasteiger partial charge is 0.393 e. The highest BCUT2D eigenvalue weighted by Crippen LogP contribution is 2.04. The quantitative estimate of drug-likeness (QED) is 0.623. The molecule has 0 atom stereocenters. The minimum absolute atomic E-state index is 0.0409. The van der Waals surface area contributed by atoms with Crippen molar-refractivity contribution in [2.24, 2.45) is 5.73 Å². The number of carbonyl (C=O) groups is 3. The number of piperazine rings is 1. The Morgan fingerprint density at radius 2 is 1.95 bits per heavy atom. The Kier molecular flexibility index (Phi) is 5.87. The number of hydrogen-bond donors (Lipinski definition) is 1. The highest BCUT2D eigenvalue weighted by molar-refractivity contribution is 7.80. The summed E-state index contributed by atoms with van der Waals surface area (Å²) in [6, 6.07) is 0. The summed E-state index contributed by atoms with van der Waals surface area (Å²) in [5, 5.41) is 0. The molecule has 1 aliphatic rings. The van der Waals surface area contributed by atoms with E-state index in [0.717, 1.165) is 0 Å². The van der Waals surface area contributed by atoms with Crippen LogP contribution in [0.5, 0.6) is 0 Å². The van der Waals surface area contributed by atoms with Gasteiger partial charge >= 0.3 is 0 Å². The minimum Gasteiger partial charge on any atom is -0.393 e. The molecule has 20 heavy (non-hydrogen) atoms. The number of nitrogens with zero attached hydrogens (tertiary/aromatic N) is 3. The van der Waals surface area contributed by atoms with Crippen molar-refractivity contribution in [3.8, 4) is 0 Å². The van der Waals surface area contributed by atoms with Crippen molar-refractivity contribution >= 4 is 34.9 Å². The second-order valence-electron chi connectivity index (χ2n) is 4.85. The lowest BCUT2D eigenvalue weighted by Crippen LogP contribution is -2.52. The van der Waals surface area contributed by atoms with Gasteiger partial charge in [0.05, 0.1) is 18.1 Å². The van der Waals surface area contributed by atoms with Gasteiger partial charge in [0.15, 0.2) is 0 Å². The lowest BCUT2D eigenvalue weighted by atomic mass is 10.2. The summed E-state index contributed by atoms with van der Waals surface area (Å²) >= 11 is 4.75. The zero-order valence-electron chi connectivity index (χ0n) is 11.8. The van der Waals surface area contributed by atoms with Crippen LogP contribution in [0, 0.1) is 0 Å². The molecule has 0 aromatic carbocycles. The first-order valence-electron chi connectivity index (χ1n) is 6.35. The van der Waals surface area contributed by atoms with E-state index in [4.69, 9.17) is 18.0 Å². The van der Waals surface area contributed by atoms with Gasteiger partial charge in [-0.2, -0.15) is 0 Å². The van der Waals surface area contributed by atoms with Crippen LogP contribution in [0.2, 0.25) is 0 Å². The maximum Gasteiger partial charge on any atom is 0.242 e. The monoisotopic (exact) mass is 300 g/mol. The van der Waals surface area contributed by atoms with Gasteiger partial charge in [-0.05, 0) is 0 Å². The van der Waals surface area contributed by atoms with Crippen molar-refractivity contribution in [1.82, 2.24) is 14.7 Å². The molecule has 0 radical (unpaired) electrons. The molecule has 1 saturated heterocycles. The zero-order chi connectivity index (χ0) is 15.3. The Morgan fingerprint density at radius 3 is 2.55 bits per heavy atom. The standard InChI is InChI=1S/C12H20N4O3S/c1-14(5-3-9(13)20)10(17)4-6-16-8-11(18)15(2)7-12(16)19/h3-8H2,1-2H3,(H2,13,20). The smallest absolute Gasteiger partial charge is 0.242 e. The zero-order valence-corrected chi connectivity index (χ0v) is 12.6. The van der Waals surface area contributed by atoms with Crippen molar-refractivity contribution in [3.63, 3.8) is 0 Å². The molecule has 0 aliphatic carbocycles. The van der Waals surface area contributed by atoms with Crippen LogP contribution in [0.25, 0.3) is 0 Å². The van der Waals surface area contributed by atoms with Gasteiger partial charge in [0, 0.05) is 40.0 Å². The Hall–Kier alpha value is -1.70. The average molecular weight is 300 g/mol. The van der Waals surface area contributed by atoms with Crippen molar-refractivity contribution in [2.75, 3.05) is 40.3 Å². The Morgan fingerprint density at radius 1 is 1.30 bits per heavy atom. The lowest BCUT2D eigenvalue weighted by molar-refractivity contribution is -0.149. The maximum absolute atomic E-state index is 11.9. The highest BCUT2D eigenvalue weighted by Gasteiger charge is 2.27. The number of thiocarbonyl (C=S) groups is 1. The summed E-state index contributed by atoms with van der Waals surface area (Å²) in [4.78, 5) is 39.8. The third-order valence-electron chi connectivity index (χ3n) is 3.19. The molecule has 7 nitrogen and oxygen atoms in total. The summed E-state index contributed by atoms with van der Waals surface area (Å²) in [5.74, 6) is -0.343. The third-order valence-corrected chi connectivity index (χ3v) is 3.40. The molecule has 1 rings (SSSR count). The minimum atomic E-state index is -0.134. The summed E-state index contributed by atoms with van der Waals surface area (Å²) in [7, 11) is 3.25. The first-order valence-corrected chi connectivity index (χ1v) is 6.76. The van der Waals surface area contributed by atoms with Gasteiger partial charge in [-0.15, -0.1) is 0 Å². The molecule has 0 spiro atoms. The van der Waals surface area contributed by atoms with Gasteiger partial charge in [-0.25, -0.2) is 0 Å². The van der Waals surface area contributed by atoms with E-state index in [-0.39, 0.29) is 43.8 Å². The maximum atomic E-state index is 11.9. The predicted molar refractivity (Wildman–Crippen MR) is 77.9 cm³/mol. The number of rotatable bonds is 6. The second kappa shape index (κ2) is 7.18. The van der Waals surface area contributed by atoms with Crippen LogP contribution in [-0.4, -0.2) is 77.7 Å². The van der Waals surface area contributed by atoms with E-state index in [2.05, 4.69) is 0 Å². The molecule has 0 bridgehead atoms. The van der Waals surface area contributed by atoms with Gasteiger partial charge in [-0.3, -0.25) is 14.4 Å². The van der Waals surface area contributed by atoms with Gasteiger partial charge in [0.1, 0.15) is 0 Å². The molecule has 8 heteroatoms. The summed E-state index contributed by atoms with van der Waals surface area (Å²) in [6.45, 7) is 0.835. The number of amides is 3. The first-order chi connectivity index (χ1) is 9.31. The van der Waals surface area contributed by atoms with Crippen LogP contribution in [0.1, 0.15) is 12.8 Å². The predicted octanol–water partition coefficient (Wildman–Crippen LogP) is -1.19. The summed E-state index contributed by atoms with van der Waals surface area (Å²) < 4.78 is 0. The van der Waals surface area contributed by atoms with Crippen LogP contribution in [0.3, 0.4) is 0 Å². The van der Waals surface area contributed by atoms with Crippen molar-refractivity contribution in [2.45, 2.75) is 12.8 Å². The normalized spacial score (nSPS) is 15.5. The third kappa shape index (κ3) is 4.76. The van der Waals surface area contributed by atoms with Gasteiger partial charge in [0.25, 0.3) is 0 Å². The number of carbonyl (C=O) groups excluding carboxylic acids is 3. The van der Waals surface area contributed by atoms with E-state index in [1.807, 2.05) is 0 Å². The van der Waals surface area contributed by atoms with E-state index in [1.165, 1.54) is 14.7 Å². The van der Waals surface area contributed by atoms with Crippen LogP contribution in [0.4, 0.5) is 0 Å². The summed E-state index contributed by atoms with van der Waals surface area (Å²) in [5.41, 5.74) is 5.38. The Balaban J connectivity index is 2.38. The SMILES string of the molecule is CN(CCC(N)=S)C(=O)CCN1CC(=O)N(C)CC1=O. The van der Waals surface area contributed by atoms with Gasteiger partial charge < -0.3 is 20.4 Å². The molecular weight excluding hydrogens is 280 g/mol. The van der Waals surface area contributed by atoms with E-state index < -0.39 is 0 Å². The fraction of sp³-hybridized carbons (Fsp3) is 0.667. The molecule has 1 fully saturated rings. The number of hydrogen-bond acceptors (Lipinski definition) is 4. The van der Waals surface area contributed by atoms with E-state index in [0.29, 0.717) is 18.0 Å². The van der Waals surface area contributed by atoms with E-state index >= 15 is 0 Å². The van der Waals surface area contributed by atoms with Crippen LogP contribution >= 0.6 is 12.2 Å². The fourth-order valence-corrected chi connectivity index (χ4v) is 1.88. The van der Waals surface area contributed by atoms with Gasteiger partial charge in [0.2, 0.25) is 17.7 Å². The topological polar surface area (TPSA) is 86.9 Å². The molecular formula is C12H20N4O3S. The summed E-state index contributed by atoms with van der Waals surface area (Å²) in [6.07, 6.45) is 0.667. The molecule has 1 heterocycles. The second-order valence-corrected chi connectivity index (χ2v) is 5.37. The van der Waals surface area contributed by atoms with Crippen molar-refractivity contribution in [1.29, 1.82) is 0 Å².